The molecule has 5 nitrogen and oxygen atoms in total. The second-order valence-corrected chi connectivity index (χ2v) is 8.35. The molecule has 0 bridgehead atoms. The molecule has 2 heterocycles. The van der Waals surface area contributed by atoms with Crippen molar-refractivity contribution in [3.63, 3.8) is 0 Å². The Kier molecular flexibility index (Phi) is 5.05. The van der Waals surface area contributed by atoms with Crippen molar-refractivity contribution < 1.29 is 0 Å². The second-order valence-electron chi connectivity index (χ2n) is 4.80. The van der Waals surface area contributed by atoms with Gasteiger partial charge in [0.1, 0.15) is 4.90 Å². The molecule has 23 heavy (non-hydrogen) atoms. The van der Waals surface area contributed by atoms with E-state index in [4.69, 9.17) is 11.6 Å². The van der Waals surface area contributed by atoms with Gasteiger partial charge in [0.05, 0.1) is 11.9 Å². The van der Waals surface area contributed by atoms with E-state index in [2.05, 4.69) is 26.1 Å². The summed E-state index contributed by atoms with van der Waals surface area (Å²) < 4.78 is 3.09. The number of hydrazone groups is 1. The van der Waals surface area contributed by atoms with Crippen LogP contribution < -0.4 is 10.6 Å². The van der Waals surface area contributed by atoms with Crippen LogP contribution in [0.15, 0.2) is 43.7 Å². The molecular weight excluding hydrogens is 420 g/mol. The Labute approximate surface area is 155 Å². The summed E-state index contributed by atoms with van der Waals surface area (Å²) in [6, 6.07) is 5.81. The van der Waals surface area contributed by atoms with Gasteiger partial charge in [0.25, 0.3) is 5.56 Å². The van der Waals surface area contributed by atoms with Crippen LogP contribution in [0.4, 0.5) is 5.69 Å². The van der Waals surface area contributed by atoms with E-state index in [1.165, 1.54) is 16.4 Å². The summed E-state index contributed by atoms with van der Waals surface area (Å²) in [5, 5.41) is 10.9. The lowest BCUT2D eigenvalue weighted by atomic mass is 10.2. The van der Waals surface area contributed by atoms with Crippen LogP contribution in [-0.2, 0) is 12.8 Å². The van der Waals surface area contributed by atoms with E-state index in [-0.39, 0.29) is 5.56 Å². The number of rotatable bonds is 2. The van der Waals surface area contributed by atoms with Gasteiger partial charge in [-0.25, -0.2) is 4.68 Å². The van der Waals surface area contributed by atoms with E-state index < -0.39 is 0 Å². The molecule has 1 aliphatic rings. The van der Waals surface area contributed by atoms with Crippen LogP contribution in [0.3, 0.4) is 0 Å². The molecule has 2 aromatic rings. The zero-order valence-electron chi connectivity index (χ0n) is 12.3. The summed E-state index contributed by atoms with van der Waals surface area (Å²) in [6.07, 6.45) is 1.65. The third-order valence-electron chi connectivity index (χ3n) is 3.21. The lowest BCUT2D eigenvalue weighted by molar-refractivity contribution is 0.684. The summed E-state index contributed by atoms with van der Waals surface area (Å²) in [5.74, 6) is 0.687. The molecule has 1 aromatic carbocycles. The molecule has 0 aliphatic carbocycles. The molecule has 0 fully saturated rings. The molecule has 1 aliphatic heterocycles. The van der Waals surface area contributed by atoms with Crippen molar-refractivity contribution in [1.29, 1.82) is 0 Å². The monoisotopic (exact) mass is 430 g/mol. The third-order valence-corrected chi connectivity index (χ3v) is 6.29. The Bertz CT molecular complexity index is 855. The number of aryl methyl sites for hydroxylation is 1. The van der Waals surface area contributed by atoms with Gasteiger partial charge >= 0.3 is 0 Å². The molecule has 9 heteroatoms. The van der Waals surface area contributed by atoms with Crippen LogP contribution in [0.2, 0.25) is 5.02 Å². The molecule has 120 valence electrons. The van der Waals surface area contributed by atoms with Crippen LogP contribution >= 0.6 is 51.1 Å². The molecule has 1 aromatic heterocycles. The van der Waals surface area contributed by atoms with Crippen LogP contribution in [0.25, 0.3) is 0 Å². The van der Waals surface area contributed by atoms with E-state index in [9.17, 15) is 4.79 Å². The smallest absolute Gasteiger partial charge is 0.266 e. The first-order valence-electron chi connectivity index (χ1n) is 6.59. The largest absolute Gasteiger partial charge is 0.282 e. The number of anilines is 1. The van der Waals surface area contributed by atoms with Crippen molar-refractivity contribution in [2.75, 3.05) is 12.1 Å². The minimum atomic E-state index is -0.117. The van der Waals surface area contributed by atoms with Crippen molar-refractivity contribution in [3.05, 3.63) is 49.8 Å². The molecule has 0 spiro atoms. The maximum atomic E-state index is 12.2. The molecule has 0 amide bonds. The van der Waals surface area contributed by atoms with Gasteiger partial charge in [0.15, 0.2) is 4.38 Å². The Balaban J connectivity index is 1.80. The number of thioether (sulfide) groups is 2. The Hall–Kier alpha value is -0.960. The Morgan fingerprint density at radius 2 is 2.17 bits per heavy atom. The van der Waals surface area contributed by atoms with Crippen LogP contribution in [0.1, 0.15) is 5.56 Å². The number of aromatic nitrogens is 2. The standard InChI is InChI=1S/C14H12BrClN4OS2/c1-19-11-6-17-20(2)13(21)12(11)23-14(18-19)22-7-8-3-4-9(15)5-10(8)16/h3-6H,7H2,1-2H3. The summed E-state index contributed by atoms with van der Waals surface area (Å²) in [4.78, 5) is 12.9. The summed E-state index contributed by atoms with van der Waals surface area (Å²) in [5.41, 5.74) is 1.64. The fraction of sp³-hybridized carbons (Fsp3) is 0.214. The first kappa shape index (κ1) is 16.9. The van der Waals surface area contributed by atoms with Gasteiger partial charge in [-0.15, -0.1) is 0 Å². The van der Waals surface area contributed by atoms with Gasteiger partial charge in [0, 0.05) is 29.3 Å². The van der Waals surface area contributed by atoms with Crippen molar-refractivity contribution in [1.82, 2.24) is 9.78 Å². The fourth-order valence-electron chi connectivity index (χ4n) is 1.96. The predicted molar refractivity (Wildman–Crippen MR) is 102 cm³/mol. The highest BCUT2D eigenvalue weighted by Crippen LogP contribution is 2.37. The molecule has 0 N–H and O–H groups in total. The molecule has 0 saturated heterocycles. The quantitative estimate of drug-likeness (QED) is 0.721. The van der Waals surface area contributed by atoms with Crippen LogP contribution in [-0.4, -0.2) is 21.2 Å². The molecular formula is C14H12BrClN4OS2. The molecule has 0 radical (unpaired) electrons. The zero-order valence-corrected chi connectivity index (χ0v) is 16.3. The minimum Gasteiger partial charge on any atom is -0.266 e. The molecule has 0 saturated carbocycles. The van der Waals surface area contributed by atoms with E-state index in [1.54, 1.807) is 30.0 Å². The maximum absolute atomic E-state index is 12.2. The topological polar surface area (TPSA) is 50.5 Å². The van der Waals surface area contributed by atoms with E-state index in [1.807, 2.05) is 25.2 Å². The van der Waals surface area contributed by atoms with Crippen molar-refractivity contribution >= 4 is 61.1 Å². The van der Waals surface area contributed by atoms with Crippen LogP contribution in [0.5, 0.6) is 0 Å². The number of halogens is 2. The maximum Gasteiger partial charge on any atom is 0.282 e. The SMILES string of the molecule is CN1N=C(SCc2ccc(Br)cc2Cl)Sc2c1cnn(C)c2=O. The van der Waals surface area contributed by atoms with Crippen LogP contribution in [0, 0.1) is 0 Å². The average Bonchev–Trinajstić information content (AvgIpc) is 2.50. The lowest BCUT2D eigenvalue weighted by Crippen LogP contribution is -2.27. The van der Waals surface area contributed by atoms with Gasteiger partial charge in [0.2, 0.25) is 0 Å². The summed E-state index contributed by atoms with van der Waals surface area (Å²) in [6.45, 7) is 0. The summed E-state index contributed by atoms with van der Waals surface area (Å²) >= 11 is 12.6. The Morgan fingerprint density at radius 1 is 1.39 bits per heavy atom. The van der Waals surface area contributed by atoms with Gasteiger partial charge in [-0.05, 0) is 17.7 Å². The zero-order chi connectivity index (χ0) is 16.6. The highest BCUT2D eigenvalue weighted by molar-refractivity contribution is 9.10. The lowest BCUT2D eigenvalue weighted by Gasteiger charge is -2.22. The number of hydrogen-bond donors (Lipinski definition) is 0. The number of fused-ring (bicyclic) bond motifs is 1. The third kappa shape index (κ3) is 3.60. The average molecular weight is 432 g/mol. The Morgan fingerprint density at radius 3 is 2.91 bits per heavy atom. The van der Waals surface area contributed by atoms with Gasteiger partial charge in [-0.3, -0.25) is 9.80 Å². The van der Waals surface area contributed by atoms with Crippen molar-refractivity contribution in [3.8, 4) is 0 Å². The molecule has 0 atom stereocenters. The predicted octanol–water partition coefficient (Wildman–Crippen LogP) is 3.94. The second kappa shape index (κ2) is 6.88. The highest BCUT2D eigenvalue weighted by atomic mass is 79.9. The highest BCUT2D eigenvalue weighted by Gasteiger charge is 2.22. The minimum absolute atomic E-state index is 0.117. The molecule has 3 rings (SSSR count). The first-order valence-corrected chi connectivity index (χ1v) is 9.56. The number of nitrogens with zero attached hydrogens (tertiary/aromatic N) is 4. The van der Waals surface area contributed by atoms with Crippen molar-refractivity contribution in [2.24, 2.45) is 12.1 Å². The number of benzene rings is 1. The normalized spacial score (nSPS) is 13.7. The van der Waals surface area contributed by atoms with E-state index >= 15 is 0 Å². The number of hydrogen-bond acceptors (Lipinski definition) is 6. The van der Waals surface area contributed by atoms with Crippen molar-refractivity contribution in [2.45, 2.75) is 10.6 Å². The van der Waals surface area contributed by atoms with E-state index in [0.717, 1.165) is 20.1 Å². The van der Waals surface area contributed by atoms with Gasteiger partial charge in [-0.1, -0.05) is 57.1 Å². The fourth-order valence-corrected chi connectivity index (χ4v) is 5.00. The van der Waals surface area contributed by atoms with Gasteiger partial charge < -0.3 is 0 Å². The van der Waals surface area contributed by atoms with E-state index in [0.29, 0.717) is 15.7 Å². The first-order chi connectivity index (χ1) is 11.0. The van der Waals surface area contributed by atoms with Gasteiger partial charge in [-0.2, -0.15) is 10.2 Å². The molecule has 0 unspecified atom stereocenters. The summed E-state index contributed by atoms with van der Waals surface area (Å²) in [7, 11) is 3.45.